The van der Waals surface area contributed by atoms with Crippen molar-refractivity contribution in [2.24, 2.45) is 11.1 Å². The first-order chi connectivity index (χ1) is 8.90. The Morgan fingerprint density at radius 3 is 2.53 bits per heavy atom. The van der Waals surface area contributed by atoms with Crippen molar-refractivity contribution in [1.29, 1.82) is 0 Å². The van der Waals surface area contributed by atoms with Gasteiger partial charge in [-0.05, 0) is 17.5 Å². The molecule has 4 nitrogen and oxygen atoms in total. The molecule has 2 rings (SSSR count). The Hall–Kier alpha value is -1.84. The molecule has 0 atom stereocenters. The van der Waals surface area contributed by atoms with Gasteiger partial charge in [-0.1, -0.05) is 38.1 Å². The standard InChI is InChI=1S/C15H20N2O2/c1-15(2,14(16)19)9-13(18)17-8-7-11-5-3-4-6-12(11)10-17/h3-6H,7-10H2,1-2H3,(H2,16,19). The van der Waals surface area contributed by atoms with E-state index < -0.39 is 11.3 Å². The molecule has 0 aliphatic carbocycles. The van der Waals surface area contributed by atoms with Crippen molar-refractivity contribution in [1.82, 2.24) is 4.90 Å². The molecular formula is C15H20N2O2. The SMILES string of the molecule is CC(C)(CC(=O)N1CCc2ccccc2C1)C(N)=O. The molecule has 1 aromatic carbocycles. The molecule has 1 aliphatic heterocycles. The fourth-order valence-electron chi connectivity index (χ4n) is 2.29. The Morgan fingerprint density at radius 1 is 1.26 bits per heavy atom. The maximum atomic E-state index is 12.2. The van der Waals surface area contributed by atoms with E-state index in [9.17, 15) is 9.59 Å². The lowest BCUT2D eigenvalue weighted by Gasteiger charge is -2.31. The van der Waals surface area contributed by atoms with E-state index in [2.05, 4.69) is 6.07 Å². The first-order valence-corrected chi connectivity index (χ1v) is 6.54. The molecule has 0 unspecified atom stereocenters. The maximum absolute atomic E-state index is 12.2. The number of nitrogens with two attached hydrogens (primary N) is 1. The highest BCUT2D eigenvalue weighted by Gasteiger charge is 2.31. The first kappa shape index (κ1) is 13.6. The average molecular weight is 260 g/mol. The van der Waals surface area contributed by atoms with Crippen molar-refractivity contribution in [2.45, 2.75) is 33.2 Å². The molecule has 1 heterocycles. The average Bonchev–Trinajstić information content (AvgIpc) is 2.37. The summed E-state index contributed by atoms with van der Waals surface area (Å²) in [5, 5.41) is 0. The molecule has 0 aromatic heterocycles. The van der Waals surface area contributed by atoms with Crippen LogP contribution in [-0.2, 0) is 22.6 Å². The van der Waals surface area contributed by atoms with E-state index in [4.69, 9.17) is 5.73 Å². The molecule has 0 saturated heterocycles. The molecule has 0 fully saturated rings. The third-order valence-electron chi connectivity index (χ3n) is 3.74. The van der Waals surface area contributed by atoms with Gasteiger partial charge in [0.1, 0.15) is 0 Å². The lowest BCUT2D eigenvalue weighted by atomic mass is 9.87. The molecular weight excluding hydrogens is 240 g/mol. The zero-order chi connectivity index (χ0) is 14.0. The van der Waals surface area contributed by atoms with Gasteiger partial charge in [0.2, 0.25) is 11.8 Å². The predicted octanol–water partition coefficient (Wildman–Crippen LogP) is 1.47. The minimum atomic E-state index is -0.784. The summed E-state index contributed by atoms with van der Waals surface area (Å²) in [6.07, 6.45) is 1.05. The van der Waals surface area contributed by atoms with Crippen LogP contribution in [0.15, 0.2) is 24.3 Å². The van der Waals surface area contributed by atoms with Crippen molar-refractivity contribution >= 4 is 11.8 Å². The summed E-state index contributed by atoms with van der Waals surface area (Å²) in [7, 11) is 0. The second kappa shape index (κ2) is 5.03. The number of nitrogens with zero attached hydrogens (tertiary/aromatic N) is 1. The molecule has 0 saturated carbocycles. The number of rotatable bonds is 3. The number of amides is 2. The summed E-state index contributed by atoms with van der Waals surface area (Å²) < 4.78 is 0. The molecule has 1 aromatic rings. The van der Waals surface area contributed by atoms with E-state index in [0.717, 1.165) is 6.42 Å². The van der Waals surface area contributed by atoms with Gasteiger partial charge < -0.3 is 10.6 Å². The first-order valence-electron chi connectivity index (χ1n) is 6.54. The van der Waals surface area contributed by atoms with Gasteiger partial charge in [-0.25, -0.2) is 0 Å². The van der Waals surface area contributed by atoms with Gasteiger partial charge in [0.05, 0.1) is 5.41 Å². The lowest BCUT2D eigenvalue weighted by molar-refractivity contribution is -0.139. The summed E-state index contributed by atoms with van der Waals surface area (Å²) in [6, 6.07) is 8.16. The highest BCUT2D eigenvalue weighted by atomic mass is 16.2. The number of fused-ring (bicyclic) bond motifs is 1. The third-order valence-corrected chi connectivity index (χ3v) is 3.74. The Morgan fingerprint density at radius 2 is 1.89 bits per heavy atom. The smallest absolute Gasteiger partial charge is 0.223 e. The van der Waals surface area contributed by atoms with Gasteiger partial charge >= 0.3 is 0 Å². The highest BCUT2D eigenvalue weighted by molar-refractivity contribution is 5.87. The summed E-state index contributed by atoms with van der Waals surface area (Å²) in [5.74, 6) is -0.434. The van der Waals surface area contributed by atoms with Crippen molar-refractivity contribution in [3.8, 4) is 0 Å². The van der Waals surface area contributed by atoms with Crippen molar-refractivity contribution in [2.75, 3.05) is 6.54 Å². The summed E-state index contributed by atoms with van der Waals surface area (Å²) in [5.41, 5.74) is 7.03. The van der Waals surface area contributed by atoms with Crippen LogP contribution in [0.3, 0.4) is 0 Å². The van der Waals surface area contributed by atoms with E-state index in [1.165, 1.54) is 11.1 Å². The monoisotopic (exact) mass is 260 g/mol. The number of benzene rings is 1. The summed E-state index contributed by atoms with van der Waals surface area (Å²) in [6.45, 7) is 4.77. The summed E-state index contributed by atoms with van der Waals surface area (Å²) >= 11 is 0. The molecule has 0 bridgehead atoms. The van der Waals surface area contributed by atoms with Crippen LogP contribution in [0.4, 0.5) is 0 Å². The largest absolute Gasteiger partial charge is 0.369 e. The topological polar surface area (TPSA) is 63.4 Å². The van der Waals surface area contributed by atoms with Crippen LogP contribution >= 0.6 is 0 Å². The van der Waals surface area contributed by atoms with Gasteiger partial charge in [0.25, 0.3) is 0 Å². The minimum Gasteiger partial charge on any atom is -0.369 e. The maximum Gasteiger partial charge on any atom is 0.223 e. The van der Waals surface area contributed by atoms with Gasteiger partial charge in [-0.2, -0.15) is 0 Å². The number of hydrogen-bond donors (Lipinski definition) is 1. The molecule has 4 heteroatoms. The lowest BCUT2D eigenvalue weighted by Crippen LogP contribution is -2.41. The number of primary amides is 1. The van der Waals surface area contributed by atoms with Crippen molar-refractivity contribution in [3.05, 3.63) is 35.4 Å². The van der Waals surface area contributed by atoms with E-state index in [1.807, 2.05) is 23.1 Å². The molecule has 0 radical (unpaired) electrons. The molecule has 102 valence electrons. The van der Waals surface area contributed by atoms with Crippen LogP contribution in [0.1, 0.15) is 31.4 Å². The number of carbonyl (C=O) groups is 2. The fourth-order valence-corrected chi connectivity index (χ4v) is 2.29. The zero-order valence-electron chi connectivity index (χ0n) is 11.5. The summed E-state index contributed by atoms with van der Waals surface area (Å²) in [4.78, 5) is 25.3. The van der Waals surface area contributed by atoms with Gasteiger partial charge in [-0.15, -0.1) is 0 Å². The van der Waals surface area contributed by atoms with Crippen molar-refractivity contribution < 1.29 is 9.59 Å². The van der Waals surface area contributed by atoms with Gasteiger partial charge in [0.15, 0.2) is 0 Å². The second-order valence-corrected chi connectivity index (χ2v) is 5.76. The number of carbonyl (C=O) groups excluding carboxylic acids is 2. The third kappa shape index (κ3) is 2.95. The van der Waals surface area contributed by atoms with E-state index in [1.54, 1.807) is 13.8 Å². The van der Waals surface area contributed by atoms with Crippen LogP contribution < -0.4 is 5.73 Å². The molecule has 19 heavy (non-hydrogen) atoms. The van der Waals surface area contributed by atoms with Crippen LogP contribution in [-0.4, -0.2) is 23.3 Å². The van der Waals surface area contributed by atoms with Crippen LogP contribution in [0.5, 0.6) is 0 Å². The van der Waals surface area contributed by atoms with Gasteiger partial charge in [0, 0.05) is 19.5 Å². The second-order valence-electron chi connectivity index (χ2n) is 5.76. The predicted molar refractivity (Wildman–Crippen MR) is 73.2 cm³/mol. The van der Waals surface area contributed by atoms with Crippen molar-refractivity contribution in [3.63, 3.8) is 0 Å². The molecule has 0 spiro atoms. The quantitative estimate of drug-likeness (QED) is 0.894. The molecule has 2 amide bonds. The normalized spacial score (nSPS) is 14.9. The van der Waals surface area contributed by atoms with E-state index in [0.29, 0.717) is 13.1 Å². The Labute approximate surface area is 113 Å². The Bertz CT molecular complexity index is 509. The minimum absolute atomic E-state index is 0.00157. The fraction of sp³-hybridized carbons (Fsp3) is 0.467. The van der Waals surface area contributed by atoms with Crippen LogP contribution in [0, 0.1) is 5.41 Å². The van der Waals surface area contributed by atoms with Gasteiger partial charge in [-0.3, -0.25) is 9.59 Å². The zero-order valence-corrected chi connectivity index (χ0v) is 11.5. The van der Waals surface area contributed by atoms with E-state index >= 15 is 0 Å². The molecule has 1 aliphatic rings. The number of hydrogen-bond acceptors (Lipinski definition) is 2. The molecule has 2 N–H and O–H groups in total. The Balaban J connectivity index is 2.05. The van der Waals surface area contributed by atoms with Crippen LogP contribution in [0.2, 0.25) is 0 Å². The van der Waals surface area contributed by atoms with Crippen LogP contribution in [0.25, 0.3) is 0 Å². The highest BCUT2D eigenvalue weighted by Crippen LogP contribution is 2.24. The Kier molecular flexibility index (Phi) is 3.60. The van der Waals surface area contributed by atoms with E-state index in [-0.39, 0.29) is 12.3 Å².